The Balaban J connectivity index is 1.39. The lowest BCUT2D eigenvalue weighted by Crippen LogP contribution is -2.30. The van der Waals surface area contributed by atoms with Crippen LogP contribution in [0.25, 0.3) is 0 Å². The molecule has 3 aromatic carbocycles. The van der Waals surface area contributed by atoms with Crippen LogP contribution >= 0.6 is 23.4 Å². The van der Waals surface area contributed by atoms with Gasteiger partial charge >= 0.3 is 0 Å². The Morgan fingerprint density at radius 2 is 1.55 bits per heavy atom. The molecule has 4 rings (SSSR count). The lowest BCUT2D eigenvalue weighted by molar-refractivity contribution is -0.119. The van der Waals surface area contributed by atoms with E-state index >= 15 is 0 Å². The third-order valence-electron chi connectivity index (χ3n) is 4.61. The van der Waals surface area contributed by atoms with Crippen LogP contribution in [0.1, 0.15) is 28.6 Å². The van der Waals surface area contributed by atoms with Crippen LogP contribution in [0.2, 0.25) is 5.02 Å². The number of nitrogens with zero attached hydrogens (tertiary/aromatic N) is 2. The molecule has 0 saturated carbocycles. The van der Waals surface area contributed by atoms with Gasteiger partial charge in [-0.05, 0) is 28.8 Å². The fourth-order valence-electron chi connectivity index (χ4n) is 3.13. The summed E-state index contributed by atoms with van der Waals surface area (Å²) in [4.78, 5) is 12.7. The van der Waals surface area contributed by atoms with Crippen molar-refractivity contribution >= 4 is 29.3 Å². The number of hydrogen-bond acceptors (Lipinski definition) is 5. The molecule has 4 aromatic rings. The second kappa shape index (κ2) is 10.3. The van der Waals surface area contributed by atoms with Gasteiger partial charge in [0, 0.05) is 5.02 Å². The lowest BCUT2D eigenvalue weighted by atomic mass is 9.99. The van der Waals surface area contributed by atoms with Crippen LogP contribution in [0, 0.1) is 0 Å². The maximum atomic E-state index is 12.7. The fourth-order valence-corrected chi connectivity index (χ4v) is 3.85. The Hall–Kier alpha value is -3.09. The Morgan fingerprint density at radius 3 is 2.26 bits per heavy atom. The zero-order valence-corrected chi connectivity index (χ0v) is 18.1. The molecule has 1 atom stereocenters. The molecular formula is C24H20ClN3O2S. The number of rotatable bonds is 8. The summed E-state index contributed by atoms with van der Waals surface area (Å²) in [5.74, 6) is 0.568. The normalized spacial score (nSPS) is 11.8. The average molecular weight is 450 g/mol. The third-order valence-corrected chi connectivity index (χ3v) is 5.69. The molecule has 0 aliphatic carbocycles. The zero-order chi connectivity index (χ0) is 21.5. The van der Waals surface area contributed by atoms with E-state index in [4.69, 9.17) is 16.0 Å². The van der Waals surface area contributed by atoms with Crippen molar-refractivity contribution in [3.8, 4) is 0 Å². The van der Waals surface area contributed by atoms with E-state index in [-0.39, 0.29) is 17.7 Å². The highest BCUT2D eigenvalue weighted by Crippen LogP contribution is 2.24. The first-order valence-corrected chi connectivity index (χ1v) is 11.1. The third kappa shape index (κ3) is 5.96. The molecule has 1 N–H and O–H groups in total. The van der Waals surface area contributed by atoms with Crippen LogP contribution in [0.4, 0.5) is 0 Å². The van der Waals surface area contributed by atoms with Crippen LogP contribution < -0.4 is 5.32 Å². The maximum absolute atomic E-state index is 12.7. The average Bonchev–Trinajstić information content (AvgIpc) is 3.25. The number of benzene rings is 3. The van der Waals surface area contributed by atoms with Crippen molar-refractivity contribution in [1.29, 1.82) is 0 Å². The number of hydrogen-bond donors (Lipinski definition) is 1. The molecule has 0 bridgehead atoms. The number of halogens is 1. The molecule has 1 aromatic heterocycles. The molecule has 156 valence electrons. The van der Waals surface area contributed by atoms with E-state index < -0.39 is 0 Å². The number of thioether (sulfide) groups is 1. The van der Waals surface area contributed by atoms with Crippen LogP contribution in [-0.2, 0) is 11.2 Å². The van der Waals surface area contributed by atoms with E-state index in [1.54, 1.807) is 0 Å². The Bertz CT molecular complexity index is 1120. The minimum atomic E-state index is -0.275. The minimum Gasteiger partial charge on any atom is -0.416 e. The summed E-state index contributed by atoms with van der Waals surface area (Å²) in [6.45, 7) is 0. The molecular weight excluding hydrogens is 430 g/mol. The van der Waals surface area contributed by atoms with Gasteiger partial charge in [0.1, 0.15) is 0 Å². The molecule has 0 aliphatic rings. The van der Waals surface area contributed by atoms with E-state index in [0.717, 1.165) is 16.7 Å². The van der Waals surface area contributed by atoms with Crippen molar-refractivity contribution in [3.05, 3.63) is 113 Å². The van der Waals surface area contributed by atoms with Crippen molar-refractivity contribution < 1.29 is 9.21 Å². The van der Waals surface area contributed by atoms with Crippen molar-refractivity contribution in [2.24, 2.45) is 0 Å². The van der Waals surface area contributed by atoms with E-state index in [1.165, 1.54) is 11.8 Å². The molecule has 0 aliphatic heterocycles. The summed E-state index contributed by atoms with van der Waals surface area (Å²) in [7, 11) is 0. The molecule has 1 heterocycles. The minimum absolute atomic E-state index is 0.128. The van der Waals surface area contributed by atoms with Gasteiger partial charge in [-0.25, -0.2) is 0 Å². The molecule has 7 heteroatoms. The number of carbonyl (C=O) groups excluding carboxylic acids is 1. The van der Waals surface area contributed by atoms with Crippen LogP contribution in [0.15, 0.2) is 94.6 Å². The summed E-state index contributed by atoms with van der Waals surface area (Å²) in [6, 6.07) is 26.9. The Morgan fingerprint density at radius 1 is 0.903 bits per heavy atom. The van der Waals surface area contributed by atoms with Gasteiger partial charge in [0.05, 0.1) is 18.2 Å². The molecule has 0 radical (unpaired) electrons. The highest BCUT2D eigenvalue weighted by molar-refractivity contribution is 7.99. The quantitative estimate of drug-likeness (QED) is 0.369. The molecule has 0 spiro atoms. The first-order valence-electron chi connectivity index (χ1n) is 9.76. The molecule has 0 saturated heterocycles. The maximum Gasteiger partial charge on any atom is 0.277 e. The molecule has 1 amide bonds. The summed E-state index contributed by atoms with van der Waals surface area (Å²) in [5, 5.41) is 12.2. The molecule has 0 fully saturated rings. The predicted molar refractivity (Wildman–Crippen MR) is 122 cm³/mol. The van der Waals surface area contributed by atoms with Gasteiger partial charge < -0.3 is 9.73 Å². The largest absolute Gasteiger partial charge is 0.416 e. The highest BCUT2D eigenvalue weighted by Gasteiger charge is 2.18. The molecule has 31 heavy (non-hydrogen) atoms. The number of amides is 1. The standard InChI is InChI=1S/C24H20ClN3O2S/c25-20-13-11-19(12-14-20)23(18-9-5-2-6-10-18)26-21(29)16-31-24-28-27-22(30-24)15-17-7-3-1-4-8-17/h1-14,23H,15-16H2,(H,26,29)/t23-/m0/s1. The first-order chi connectivity index (χ1) is 15.2. The van der Waals surface area contributed by atoms with Crippen LogP contribution in [0.3, 0.4) is 0 Å². The van der Waals surface area contributed by atoms with Gasteiger partial charge in [0.2, 0.25) is 11.8 Å². The van der Waals surface area contributed by atoms with Gasteiger partial charge in [-0.3, -0.25) is 4.79 Å². The second-order valence-corrected chi connectivity index (χ2v) is 8.24. The topological polar surface area (TPSA) is 68.0 Å². The van der Waals surface area contributed by atoms with E-state index in [2.05, 4.69) is 15.5 Å². The van der Waals surface area contributed by atoms with Crippen molar-refractivity contribution in [1.82, 2.24) is 15.5 Å². The van der Waals surface area contributed by atoms with Gasteiger partial charge in [-0.1, -0.05) is 96.2 Å². The van der Waals surface area contributed by atoms with Crippen molar-refractivity contribution in [3.63, 3.8) is 0 Å². The lowest BCUT2D eigenvalue weighted by Gasteiger charge is -2.19. The van der Waals surface area contributed by atoms with Gasteiger partial charge in [0.15, 0.2) is 0 Å². The second-order valence-electron chi connectivity index (χ2n) is 6.88. The summed E-state index contributed by atoms with van der Waals surface area (Å²) in [6.07, 6.45) is 0.563. The van der Waals surface area contributed by atoms with E-state index in [9.17, 15) is 4.79 Å². The van der Waals surface area contributed by atoms with Crippen LogP contribution in [-0.4, -0.2) is 21.9 Å². The van der Waals surface area contributed by atoms with E-state index in [0.29, 0.717) is 22.6 Å². The van der Waals surface area contributed by atoms with Crippen LogP contribution in [0.5, 0.6) is 0 Å². The smallest absolute Gasteiger partial charge is 0.277 e. The summed E-state index contributed by atoms with van der Waals surface area (Å²) < 4.78 is 5.67. The van der Waals surface area contributed by atoms with Gasteiger partial charge in [0.25, 0.3) is 5.22 Å². The molecule has 0 unspecified atom stereocenters. The summed E-state index contributed by atoms with van der Waals surface area (Å²) >= 11 is 7.25. The fraction of sp³-hybridized carbons (Fsp3) is 0.125. The summed E-state index contributed by atoms with van der Waals surface area (Å²) in [5.41, 5.74) is 3.04. The van der Waals surface area contributed by atoms with E-state index in [1.807, 2.05) is 84.9 Å². The molecule has 5 nitrogen and oxygen atoms in total. The van der Waals surface area contributed by atoms with Gasteiger partial charge in [-0.15, -0.1) is 10.2 Å². The first kappa shape index (κ1) is 21.2. The number of carbonyl (C=O) groups is 1. The predicted octanol–water partition coefficient (Wildman–Crippen LogP) is 5.31. The number of aromatic nitrogens is 2. The number of nitrogens with one attached hydrogen (secondary N) is 1. The SMILES string of the molecule is O=C(CSc1nnc(Cc2ccccc2)o1)N[C@@H](c1ccccc1)c1ccc(Cl)cc1. The zero-order valence-electron chi connectivity index (χ0n) is 16.6. The Kier molecular flexibility index (Phi) is 7.02. The van der Waals surface area contributed by atoms with Crippen molar-refractivity contribution in [2.45, 2.75) is 17.7 Å². The van der Waals surface area contributed by atoms with Crippen molar-refractivity contribution in [2.75, 3.05) is 5.75 Å². The van der Waals surface area contributed by atoms with Gasteiger partial charge in [-0.2, -0.15) is 0 Å². The highest BCUT2D eigenvalue weighted by atomic mass is 35.5. The monoisotopic (exact) mass is 449 g/mol. The Labute approximate surface area is 189 Å².